The van der Waals surface area contributed by atoms with Gasteiger partial charge in [-0.2, -0.15) is 13.2 Å². The van der Waals surface area contributed by atoms with Crippen molar-refractivity contribution >= 4 is 29.3 Å². The van der Waals surface area contributed by atoms with Crippen LogP contribution in [-0.2, 0) is 20.5 Å². The molecule has 1 amide bonds. The lowest BCUT2D eigenvalue weighted by atomic mass is 9.98. The number of alkyl halides is 3. The standard InChI is InChI=1S/C16H17F3N2O5S/c1-26-14(23)15(6-2-3-7-15)20-13(22)9-27-12-5-4-10(16(17,18)19)8-11(12)21(24)25/h4-5,8H,2-3,6-7,9H2,1H3,(H,20,22). The molecule has 1 aromatic rings. The van der Waals surface area contributed by atoms with Crippen molar-refractivity contribution in [1.29, 1.82) is 0 Å². The summed E-state index contributed by atoms with van der Waals surface area (Å²) < 4.78 is 42.9. The van der Waals surface area contributed by atoms with Crippen LogP contribution >= 0.6 is 11.8 Å². The summed E-state index contributed by atoms with van der Waals surface area (Å²) in [6.45, 7) is 0. The molecule has 0 bridgehead atoms. The molecule has 1 aliphatic rings. The number of amides is 1. The molecule has 7 nitrogen and oxygen atoms in total. The fourth-order valence-corrected chi connectivity index (χ4v) is 3.76. The molecule has 0 radical (unpaired) electrons. The van der Waals surface area contributed by atoms with Crippen molar-refractivity contribution in [2.24, 2.45) is 0 Å². The first-order valence-electron chi connectivity index (χ1n) is 7.97. The summed E-state index contributed by atoms with van der Waals surface area (Å²) in [5.74, 6) is -1.40. The summed E-state index contributed by atoms with van der Waals surface area (Å²) in [7, 11) is 1.22. The second kappa shape index (κ2) is 8.15. The number of carbonyl (C=O) groups excluding carboxylic acids is 2. The molecular formula is C16H17F3N2O5S. The molecule has 2 rings (SSSR count). The number of carbonyl (C=O) groups is 2. The Labute approximate surface area is 156 Å². The Morgan fingerprint density at radius 2 is 1.96 bits per heavy atom. The molecule has 0 aromatic heterocycles. The largest absolute Gasteiger partial charge is 0.467 e. The molecular weight excluding hydrogens is 389 g/mol. The molecule has 11 heteroatoms. The lowest BCUT2D eigenvalue weighted by molar-refractivity contribution is -0.388. The van der Waals surface area contributed by atoms with Crippen molar-refractivity contribution in [3.8, 4) is 0 Å². The fraction of sp³-hybridized carbons (Fsp3) is 0.500. The molecule has 1 aromatic carbocycles. The SMILES string of the molecule is COC(=O)C1(NC(=O)CSc2ccc(C(F)(F)F)cc2[N+](=O)[O-])CCCC1. The van der Waals surface area contributed by atoms with Crippen LogP contribution in [0.5, 0.6) is 0 Å². The maximum Gasteiger partial charge on any atom is 0.416 e. The maximum absolute atomic E-state index is 12.7. The molecule has 0 spiro atoms. The number of benzene rings is 1. The summed E-state index contributed by atoms with van der Waals surface area (Å²) in [4.78, 5) is 34.3. The number of nitrogens with zero attached hydrogens (tertiary/aromatic N) is 1. The number of ether oxygens (including phenoxy) is 1. The van der Waals surface area contributed by atoms with E-state index in [4.69, 9.17) is 4.74 Å². The van der Waals surface area contributed by atoms with Gasteiger partial charge in [0.25, 0.3) is 5.69 Å². The smallest absolute Gasteiger partial charge is 0.416 e. The van der Waals surface area contributed by atoms with Gasteiger partial charge in [-0.3, -0.25) is 14.9 Å². The monoisotopic (exact) mass is 406 g/mol. The van der Waals surface area contributed by atoms with E-state index in [1.807, 2.05) is 0 Å². The van der Waals surface area contributed by atoms with Gasteiger partial charge in [0.05, 0.1) is 28.2 Å². The zero-order valence-corrected chi connectivity index (χ0v) is 15.1. The number of methoxy groups -OCH3 is 1. The van der Waals surface area contributed by atoms with Gasteiger partial charge in [0.1, 0.15) is 5.54 Å². The van der Waals surface area contributed by atoms with Gasteiger partial charge in [0.2, 0.25) is 5.91 Å². The number of nitro benzene ring substituents is 1. The predicted molar refractivity (Wildman–Crippen MR) is 90.2 cm³/mol. The summed E-state index contributed by atoms with van der Waals surface area (Å²) in [5, 5.41) is 13.7. The van der Waals surface area contributed by atoms with Crippen LogP contribution in [0.2, 0.25) is 0 Å². The Morgan fingerprint density at radius 3 is 2.48 bits per heavy atom. The lowest BCUT2D eigenvalue weighted by Gasteiger charge is -2.27. The highest BCUT2D eigenvalue weighted by Crippen LogP contribution is 2.37. The second-order valence-corrected chi connectivity index (χ2v) is 7.07. The van der Waals surface area contributed by atoms with Crippen molar-refractivity contribution < 1.29 is 32.4 Å². The highest BCUT2D eigenvalue weighted by Gasteiger charge is 2.43. The third-order valence-electron chi connectivity index (χ3n) is 4.25. The van der Waals surface area contributed by atoms with Gasteiger partial charge in [-0.15, -0.1) is 11.8 Å². The average molecular weight is 406 g/mol. The van der Waals surface area contributed by atoms with E-state index in [1.165, 1.54) is 7.11 Å². The van der Waals surface area contributed by atoms with E-state index in [0.717, 1.165) is 36.7 Å². The lowest BCUT2D eigenvalue weighted by Crippen LogP contribution is -2.53. The third-order valence-corrected chi connectivity index (χ3v) is 5.32. The molecule has 0 saturated heterocycles. The van der Waals surface area contributed by atoms with Crippen molar-refractivity contribution in [2.45, 2.75) is 42.3 Å². The van der Waals surface area contributed by atoms with Crippen LogP contribution in [0.1, 0.15) is 31.2 Å². The number of nitrogens with one attached hydrogen (secondary N) is 1. The van der Waals surface area contributed by atoms with Crippen molar-refractivity contribution in [1.82, 2.24) is 5.32 Å². The summed E-state index contributed by atoms with van der Waals surface area (Å²) in [5.41, 5.74) is -2.98. The minimum absolute atomic E-state index is 0.0679. The van der Waals surface area contributed by atoms with Crippen LogP contribution in [0.3, 0.4) is 0 Å². The molecule has 1 fully saturated rings. The zero-order chi connectivity index (χ0) is 20.2. The first-order chi connectivity index (χ1) is 12.6. The summed E-state index contributed by atoms with van der Waals surface area (Å²) >= 11 is 0.731. The van der Waals surface area contributed by atoms with E-state index < -0.39 is 39.8 Å². The third kappa shape index (κ3) is 4.90. The van der Waals surface area contributed by atoms with Crippen LogP contribution < -0.4 is 5.32 Å². The minimum Gasteiger partial charge on any atom is -0.467 e. The molecule has 0 aliphatic heterocycles. The minimum atomic E-state index is -4.71. The van der Waals surface area contributed by atoms with Crippen molar-refractivity contribution in [2.75, 3.05) is 12.9 Å². The average Bonchev–Trinajstić information content (AvgIpc) is 3.07. The van der Waals surface area contributed by atoms with Gasteiger partial charge in [0.15, 0.2) is 0 Å². The highest BCUT2D eigenvalue weighted by molar-refractivity contribution is 8.00. The number of hydrogen-bond donors (Lipinski definition) is 1. The van der Waals surface area contributed by atoms with Crippen molar-refractivity contribution in [3.05, 3.63) is 33.9 Å². The molecule has 0 atom stereocenters. The van der Waals surface area contributed by atoms with Gasteiger partial charge in [-0.25, -0.2) is 4.79 Å². The molecule has 1 N–H and O–H groups in total. The maximum atomic E-state index is 12.7. The Hall–Kier alpha value is -2.30. The van der Waals surface area contributed by atoms with Gasteiger partial charge in [-0.05, 0) is 25.0 Å². The molecule has 0 heterocycles. The topological polar surface area (TPSA) is 98.5 Å². The molecule has 0 unspecified atom stereocenters. The van der Waals surface area contributed by atoms with Gasteiger partial charge >= 0.3 is 12.1 Å². The van der Waals surface area contributed by atoms with Crippen LogP contribution in [0.4, 0.5) is 18.9 Å². The zero-order valence-electron chi connectivity index (χ0n) is 14.3. The first kappa shape index (κ1) is 21.0. The Kier molecular flexibility index (Phi) is 6.34. The number of thioether (sulfide) groups is 1. The Morgan fingerprint density at radius 1 is 1.33 bits per heavy atom. The van der Waals surface area contributed by atoms with E-state index in [1.54, 1.807) is 0 Å². The number of rotatable bonds is 6. The van der Waals surface area contributed by atoms with Crippen LogP contribution in [0.15, 0.2) is 23.1 Å². The van der Waals surface area contributed by atoms with E-state index >= 15 is 0 Å². The van der Waals surface area contributed by atoms with Gasteiger partial charge in [0, 0.05) is 6.07 Å². The van der Waals surface area contributed by atoms with E-state index in [2.05, 4.69) is 5.32 Å². The highest BCUT2D eigenvalue weighted by atomic mass is 32.2. The van der Waals surface area contributed by atoms with Crippen LogP contribution in [0, 0.1) is 10.1 Å². The molecule has 1 saturated carbocycles. The second-order valence-electron chi connectivity index (χ2n) is 6.06. The fourth-order valence-electron chi connectivity index (χ4n) is 2.96. The van der Waals surface area contributed by atoms with Gasteiger partial charge < -0.3 is 10.1 Å². The van der Waals surface area contributed by atoms with Crippen molar-refractivity contribution in [3.63, 3.8) is 0 Å². The summed E-state index contributed by atoms with van der Waals surface area (Å²) in [6.07, 6.45) is -2.37. The Balaban J connectivity index is 2.10. The number of halogens is 3. The van der Waals surface area contributed by atoms with E-state index in [9.17, 15) is 32.9 Å². The first-order valence-corrected chi connectivity index (χ1v) is 8.95. The quantitative estimate of drug-likeness (QED) is 0.337. The van der Waals surface area contributed by atoms with E-state index in [0.29, 0.717) is 18.9 Å². The predicted octanol–water partition coefficient (Wildman–Crippen LogP) is 3.31. The molecule has 1 aliphatic carbocycles. The van der Waals surface area contributed by atoms with Crippen LogP contribution in [0.25, 0.3) is 0 Å². The number of nitro groups is 1. The normalized spacial score (nSPS) is 16.0. The number of esters is 1. The van der Waals surface area contributed by atoms with Gasteiger partial charge in [-0.1, -0.05) is 12.8 Å². The van der Waals surface area contributed by atoms with Crippen LogP contribution in [-0.4, -0.2) is 35.2 Å². The molecule has 148 valence electrons. The summed E-state index contributed by atoms with van der Waals surface area (Å²) in [6, 6.07) is 2.12. The number of hydrogen-bond acceptors (Lipinski definition) is 6. The Bertz CT molecular complexity index is 748. The molecule has 27 heavy (non-hydrogen) atoms. The van der Waals surface area contributed by atoms with E-state index in [-0.39, 0.29) is 10.6 Å².